The van der Waals surface area contributed by atoms with Crippen LogP contribution in [0.5, 0.6) is 0 Å². The molecule has 18 aromatic carbocycles. The van der Waals surface area contributed by atoms with Crippen LogP contribution in [0.25, 0.3) is 233 Å². The molecule has 0 saturated heterocycles. The van der Waals surface area contributed by atoms with E-state index < -0.39 is 0 Å². The first kappa shape index (κ1) is 72.9. The van der Waals surface area contributed by atoms with Gasteiger partial charge in [0.25, 0.3) is 0 Å². The lowest BCUT2D eigenvalue weighted by atomic mass is 9.99. The quantitative estimate of drug-likeness (QED) is 0.106. The Bertz CT molecular complexity index is 7160. The predicted molar refractivity (Wildman–Crippen MR) is 500 cm³/mol. The summed E-state index contributed by atoms with van der Waals surface area (Å²) in [5, 5.41) is 14.5. The lowest BCUT2D eigenvalue weighted by Gasteiger charge is -2.11. The first-order valence-corrected chi connectivity index (χ1v) is 41.4. The molecule has 0 aliphatic carbocycles. The molecule has 0 bridgehead atoms. The first-order chi connectivity index (χ1) is 60.9. The van der Waals surface area contributed by atoms with Crippen LogP contribution >= 0.6 is 11.3 Å². The second-order valence-electron chi connectivity index (χ2n) is 30.0. The molecule has 0 aliphatic rings. The predicted octanol–water partition coefficient (Wildman–Crippen LogP) is 28.0. The van der Waals surface area contributed by atoms with E-state index >= 15 is 0 Å². The number of benzene rings is 18. The summed E-state index contributed by atoms with van der Waals surface area (Å²) in [5.74, 6) is 5.82. The maximum absolute atomic E-state index is 6.18. The van der Waals surface area contributed by atoms with Crippen molar-refractivity contribution in [2.24, 2.45) is 0 Å². The summed E-state index contributed by atoms with van der Waals surface area (Å²) < 4.78 is 13.5. The van der Waals surface area contributed by atoms with Crippen molar-refractivity contribution in [2.45, 2.75) is 0 Å². The second-order valence-corrected chi connectivity index (χ2v) is 31.0. The molecule has 6 aromatic heterocycles. The highest BCUT2D eigenvalue weighted by atomic mass is 32.1. The Morgan fingerprint density at radius 1 is 0.179 bits per heavy atom. The number of oxazole rings is 2. The maximum atomic E-state index is 6.18. The third-order valence-electron chi connectivity index (χ3n) is 22.2. The van der Waals surface area contributed by atoms with Crippen molar-refractivity contribution in [1.82, 2.24) is 54.8 Å². The highest BCUT2D eigenvalue weighted by Gasteiger charge is 2.22. The van der Waals surface area contributed by atoms with Crippen LogP contribution in [0.3, 0.4) is 0 Å². The van der Waals surface area contributed by atoms with Gasteiger partial charge in [0.1, 0.15) is 16.0 Å². The van der Waals surface area contributed by atoms with E-state index in [1.165, 1.54) is 20.9 Å². The lowest BCUT2D eigenvalue weighted by Crippen LogP contribution is -2.00. The number of thiazole rings is 1. The van der Waals surface area contributed by atoms with Crippen LogP contribution in [0.1, 0.15) is 0 Å². The molecule has 0 N–H and O–H groups in total. The maximum Gasteiger partial charge on any atom is 0.227 e. The molecule has 0 spiro atoms. The van der Waals surface area contributed by atoms with E-state index in [0.717, 1.165) is 159 Å². The Morgan fingerprint density at radius 2 is 0.447 bits per heavy atom. The Kier molecular flexibility index (Phi) is 18.8. The Morgan fingerprint density at radius 3 is 0.789 bits per heavy atom. The van der Waals surface area contributed by atoms with E-state index in [1.54, 1.807) is 11.3 Å². The van der Waals surface area contributed by atoms with Gasteiger partial charge in [-0.2, -0.15) is 0 Å². The average Bonchev–Trinajstić information content (AvgIpc) is 1.67. The fourth-order valence-electron chi connectivity index (χ4n) is 16.1. The normalized spacial score (nSPS) is 11.4. The van der Waals surface area contributed by atoms with Crippen LogP contribution in [0, 0.1) is 0 Å². The van der Waals surface area contributed by atoms with Crippen LogP contribution in [0.4, 0.5) is 0 Å². The number of fused-ring (bicyclic) bond motifs is 15. The summed E-state index contributed by atoms with van der Waals surface area (Å²) in [6.07, 6.45) is 0. The van der Waals surface area contributed by atoms with Gasteiger partial charge in [-0.1, -0.05) is 340 Å². The number of hydrogen-bond donors (Lipinski definition) is 0. The van der Waals surface area contributed by atoms with Crippen molar-refractivity contribution in [3.8, 4) is 136 Å². The smallest absolute Gasteiger partial charge is 0.227 e. The second kappa shape index (κ2) is 31.7. The molecule has 14 heteroatoms. The molecule has 0 unspecified atom stereocenters. The molecule has 0 radical (unpaired) electrons. The number of hydrogen-bond acceptors (Lipinski definition) is 14. The summed E-state index contributed by atoms with van der Waals surface area (Å²) in [7, 11) is 0. The highest BCUT2D eigenvalue weighted by Crippen LogP contribution is 2.43. The lowest BCUT2D eigenvalue weighted by molar-refractivity contribution is 0.619. The molecule has 24 rings (SSSR count). The summed E-state index contributed by atoms with van der Waals surface area (Å²) in [5.41, 5.74) is 17.9. The van der Waals surface area contributed by atoms with Gasteiger partial charge < -0.3 is 8.83 Å². The first-order valence-electron chi connectivity index (χ1n) is 40.6. The van der Waals surface area contributed by atoms with Gasteiger partial charge in [-0.15, -0.1) is 11.3 Å². The number of nitrogens with zero attached hydrogens (tertiary/aromatic N) is 11. The molecule has 0 amide bonds. The van der Waals surface area contributed by atoms with Crippen LogP contribution in [0.15, 0.2) is 415 Å². The fourth-order valence-corrected chi connectivity index (χ4v) is 17.1. The van der Waals surface area contributed by atoms with Crippen molar-refractivity contribution in [3.63, 3.8) is 0 Å². The van der Waals surface area contributed by atoms with Crippen LogP contribution in [-0.4, -0.2) is 54.8 Å². The van der Waals surface area contributed by atoms with Gasteiger partial charge in [-0.05, 0) is 115 Å². The molecule has 123 heavy (non-hydrogen) atoms. The molecule has 576 valence electrons. The zero-order valence-corrected chi connectivity index (χ0v) is 66.6. The fraction of sp³-hybridized carbons (Fsp3) is 0. The summed E-state index contributed by atoms with van der Waals surface area (Å²) in [6.45, 7) is 0. The van der Waals surface area contributed by atoms with E-state index in [4.69, 9.17) is 63.7 Å². The van der Waals surface area contributed by atoms with Crippen LogP contribution < -0.4 is 0 Å². The van der Waals surface area contributed by atoms with Crippen molar-refractivity contribution in [3.05, 3.63) is 406 Å². The molecule has 13 nitrogen and oxygen atoms in total. The molecule has 24 aromatic rings. The Balaban J connectivity index is 0.000000110. The Hall–Kier alpha value is -16.6. The van der Waals surface area contributed by atoms with Gasteiger partial charge in [0.15, 0.2) is 51.9 Å². The van der Waals surface area contributed by atoms with Crippen LogP contribution in [0.2, 0.25) is 0 Å². The van der Waals surface area contributed by atoms with E-state index in [-0.39, 0.29) is 0 Å². The minimum Gasteiger partial charge on any atom is -0.436 e. The monoisotopic (exact) mass is 1590 g/mol. The standard InChI is InChI=1S/C37H23N3O.C36H22N4O.C36H22N4S/c1-4-10-24(11-5-1)31-23-32(25-12-6-2-7-13-25)39-36(38-31)29-18-20-30-28(22-29)17-16-26-19-21-33-35(34(26)30)40-37(41-33)27-14-8-3-9-15-27;2*1-4-10-24(11-5-1)33-38-34(25-12-6-2-7-13-25)40-35(39-33)28-18-20-29-27(22-28)17-16-23-19-21-30-32(31(23)29)37-36(41-30)26-14-8-3-9-15-26/h1-23H;2*1-22H. The third-order valence-corrected chi connectivity index (χ3v) is 23.2. The minimum atomic E-state index is 0.619. The summed E-state index contributed by atoms with van der Waals surface area (Å²) in [6, 6.07) is 138. The molecular formula is C109H67N11O2S. The molecule has 6 heterocycles. The van der Waals surface area contributed by atoms with Gasteiger partial charge in [0.05, 0.1) is 21.6 Å². The molecule has 0 saturated carbocycles. The molecular weight excluding hydrogens is 1530 g/mol. The van der Waals surface area contributed by atoms with E-state index in [0.29, 0.717) is 52.6 Å². The van der Waals surface area contributed by atoms with Gasteiger partial charge in [-0.3, -0.25) is 0 Å². The Labute approximate surface area is 709 Å². The molecule has 0 atom stereocenters. The molecule has 0 fully saturated rings. The molecule has 0 aliphatic heterocycles. The SMILES string of the molecule is c1ccc(-c2cc(-c3ccccc3)nc(-c3ccc4c(ccc5ccc6oc(-c7ccccc7)nc6c54)c3)n2)cc1.c1ccc(-c2nc(-c3ccccc3)nc(-c3ccc4c(ccc5ccc6oc(-c7ccccc7)nc6c54)c3)n2)cc1.c1ccc(-c2nc(-c3ccccc3)nc(-c3ccc4c(ccc5ccc6sc(-c7ccccc7)nc6c54)c3)n2)cc1. The number of aromatic nitrogens is 11. The number of rotatable bonds is 12. The van der Waals surface area contributed by atoms with Crippen molar-refractivity contribution < 1.29 is 8.83 Å². The minimum absolute atomic E-state index is 0.619. The largest absolute Gasteiger partial charge is 0.436 e. The average molecular weight is 1590 g/mol. The van der Waals surface area contributed by atoms with Gasteiger partial charge >= 0.3 is 0 Å². The van der Waals surface area contributed by atoms with Gasteiger partial charge in [0, 0.05) is 82.9 Å². The van der Waals surface area contributed by atoms with Gasteiger partial charge in [-0.25, -0.2) is 54.8 Å². The van der Waals surface area contributed by atoms with Crippen molar-refractivity contribution in [1.29, 1.82) is 0 Å². The highest BCUT2D eigenvalue weighted by molar-refractivity contribution is 7.21. The summed E-state index contributed by atoms with van der Waals surface area (Å²) in [4.78, 5) is 54.3. The van der Waals surface area contributed by atoms with E-state index in [1.807, 2.05) is 237 Å². The van der Waals surface area contributed by atoms with Crippen molar-refractivity contribution >= 4 is 108 Å². The zero-order chi connectivity index (χ0) is 81.5. The van der Waals surface area contributed by atoms with E-state index in [2.05, 4.69) is 170 Å². The van der Waals surface area contributed by atoms with E-state index in [9.17, 15) is 0 Å². The van der Waals surface area contributed by atoms with Crippen LogP contribution in [-0.2, 0) is 0 Å². The van der Waals surface area contributed by atoms with Crippen molar-refractivity contribution in [2.75, 3.05) is 0 Å². The topological polar surface area (TPSA) is 168 Å². The van der Waals surface area contributed by atoms with Gasteiger partial charge in [0.2, 0.25) is 11.8 Å². The zero-order valence-electron chi connectivity index (χ0n) is 65.8. The summed E-state index contributed by atoms with van der Waals surface area (Å²) >= 11 is 1.73. The third kappa shape index (κ3) is 14.3.